The molecule has 1 fully saturated rings. The largest absolute Gasteiger partial charge is 0.351 e. The number of thioether (sulfide) groups is 2. The van der Waals surface area contributed by atoms with E-state index in [1.54, 1.807) is 23.5 Å². The Bertz CT molecular complexity index is 349. The highest BCUT2D eigenvalue weighted by molar-refractivity contribution is 8.39. The van der Waals surface area contributed by atoms with Gasteiger partial charge in [-0.3, -0.25) is 9.79 Å². The van der Waals surface area contributed by atoms with Crippen LogP contribution in [0.5, 0.6) is 0 Å². The topological polar surface area (TPSA) is 90.2 Å². The van der Waals surface area contributed by atoms with Gasteiger partial charge < -0.3 is 5.32 Å². The quantitative estimate of drug-likeness (QED) is 0.347. The molecule has 0 aromatic carbocycles. The van der Waals surface area contributed by atoms with Crippen LogP contribution in [0.4, 0.5) is 0 Å². The van der Waals surface area contributed by atoms with Crippen molar-refractivity contribution >= 4 is 33.8 Å². The lowest BCUT2D eigenvalue weighted by molar-refractivity contribution is -0.129. The standard InChI is InChI=1S/C7H9N5OS2/c8-12-11-5-4(10-6(5)13)3-15-7-9-1-2-14-7/h4-5H,1-3H2,(H,10,13). The van der Waals surface area contributed by atoms with Crippen molar-refractivity contribution in [3.05, 3.63) is 10.4 Å². The lowest BCUT2D eigenvalue weighted by Crippen LogP contribution is -2.62. The van der Waals surface area contributed by atoms with Crippen molar-refractivity contribution in [3.63, 3.8) is 0 Å². The van der Waals surface area contributed by atoms with E-state index in [0.717, 1.165) is 22.4 Å². The number of amides is 1. The van der Waals surface area contributed by atoms with Gasteiger partial charge in [0, 0.05) is 16.4 Å². The number of β-lactam (4-membered cyclic amide) rings is 1. The number of hydrogen-bond donors (Lipinski definition) is 1. The zero-order chi connectivity index (χ0) is 10.7. The Labute approximate surface area is 94.9 Å². The predicted octanol–water partition coefficient (Wildman–Crippen LogP) is 1.000. The van der Waals surface area contributed by atoms with Gasteiger partial charge in [-0.05, 0) is 5.53 Å². The highest BCUT2D eigenvalue weighted by atomic mass is 32.2. The molecule has 2 rings (SSSR count). The van der Waals surface area contributed by atoms with Gasteiger partial charge in [0.2, 0.25) is 5.91 Å². The molecule has 0 radical (unpaired) electrons. The molecule has 80 valence electrons. The van der Waals surface area contributed by atoms with Crippen LogP contribution < -0.4 is 5.32 Å². The molecule has 0 aromatic heterocycles. The molecule has 2 atom stereocenters. The molecule has 0 saturated carbocycles. The number of nitrogens with one attached hydrogen (secondary N) is 1. The maximum atomic E-state index is 11.0. The molecular weight excluding hydrogens is 234 g/mol. The third kappa shape index (κ3) is 2.39. The van der Waals surface area contributed by atoms with Crippen LogP contribution in [-0.4, -0.2) is 40.4 Å². The second-order valence-electron chi connectivity index (χ2n) is 3.07. The number of rotatable bonds is 3. The molecule has 15 heavy (non-hydrogen) atoms. The van der Waals surface area contributed by atoms with Crippen LogP contribution in [0.3, 0.4) is 0 Å². The fourth-order valence-corrected chi connectivity index (χ4v) is 3.42. The summed E-state index contributed by atoms with van der Waals surface area (Å²) in [6, 6.07) is -0.572. The molecule has 0 aliphatic carbocycles. The first-order valence-corrected chi connectivity index (χ1v) is 6.43. The van der Waals surface area contributed by atoms with Crippen LogP contribution in [0.25, 0.3) is 10.4 Å². The van der Waals surface area contributed by atoms with Crippen molar-refractivity contribution in [3.8, 4) is 0 Å². The predicted molar refractivity (Wildman–Crippen MR) is 62.1 cm³/mol. The Balaban J connectivity index is 1.80. The lowest BCUT2D eigenvalue weighted by atomic mass is 10.0. The van der Waals surface area contributed by atoms with E-state index in [1.165, 1.54) is 0 Å². The smallest absolute Gasteiger partial charge is 0.231 e. The first-order valence-electron chi connectivity index (χ1n) is 4.46. The monoisotopic (exact) mass is 243 g/mol. The van der Waals surface area contributed by atoms with Crippen LogP contribution >= 0.6 is 23.5 Å². The summed E-state index contributed by atoms with van der Waals surface area (Å²) in [5, 5.41) is 6.16. The molecule has 1 amide bonds. The van der Waals surface area contributed by atoms with E-state index in [1.807, 2.05) is 0 Å². The molecule has 0 spiro atoms. The van der Waals surface area contributed by atoms with Gasteiger partial charge in [0.15, 0.2) is 0 Å². The summed E-state index contributed by atoms with van der Waals surface area (Å²) >= 11 is 3.35. The van der Waals surface area contributed by atoms with Crippen molar-refractivity contribution in [1.82, 2.24) is 5.32 Å². The van der Waals surface area contributed by atoms with E-state index in [-0.39, 0.29) is 11.9 Å². The Morgan fingerprint density at radius 3 is 3.27 bits per heavy atom. The summed E-state index contributed by atoms with van der Waals surface area (Å²) in [4.78, 5) is 17.9. The molecule has 0 aromatic rings. The van der Waals surface area contributed by atoms with Crippen molar-refractivity contribution in [2.45, 2.75) is 12.1 Å². The molecule has 2 aliphatic rings. The third-order valence-corrected chi connectivity index (χ3v) is 4.47. The maximum Gasteiger partial charge on any atom is 0.231 e. The minimum absolute atomic E-state index is 0.0395. The zero-order valence-corrected chi connectivity index (χ0v) is 9.42. The fourth-order valence-electron chi connectivity index (χ4n) is 1.32. The van der Waals surface area contributed by atoms with Crippen LogP contribution in [0, 0.1) is 0 Å². The average molecular weight is 243 g/mol. The van der Waals surface area contributed by atoms with E-state index >= 15 is 0 Å². The van der Waals surface area contributed by atoms with Crippen molar-refractivity contribution < 1.29 is 4.79 Å². The molecule has 1 N–H and O–H groups in total. The minimum Gasteiger partial charge on any atom is -0.351 e. The number of nitrogens with zero attached hydrogens (tertiary/aromatic N) is 4. The molecule has 2 heterocycles. The van der Waals surface area contributed by atoms with E-state index in [2.05, 4.69) is 20.3 Å². The first kappa shape index (κ1) is 10.7. The Kier molecular flexibility index (Phi) is 3.40. The van der Waals surface area contributed by atoms with Gasteiger partial charge in [0.1, 0.15) is 10.4 Å². The van der Waals surface area contributed by atoms with Gasteiger partial charge in [-0.1, -0.05) is 28.6 Å². The molecular formula is C7H9N5OS2. The normalized spacial score (nSPS) is 28.8. The second-order valence-corrected chi connectivity index (χ2v) is 5.42. The second kappa shape index (κ2) is 4.78. The molecule has 1 saturated heterocycles. The Morgan fingerprint density at radius 2 is 2.67 bits per heavy atom. The number of carbonyl (C=O) groups excluding carboxylic acids is 1. The average Bonchev–Trinajstić information content (AvgIpc) is 2.73. The Morgan fingerprint density at radius 1 is 1.80 bits per heavy atom. The highest BCUT2D eigenvalue weighted by Gasteiger charge is 2.38. The first-order chi connectivity index (χ1) is 7.31. The summed E-state index contributed by atoms with van der Waals surface area (Å²) in [7, 11) is 0. The van der Waals surface area contributed by atoms with Gasteiger partial charge in [0.05, 0.1) is 12.6 Å². The van der Waals surface area contributed by atoms with E-state index in [9.17, 15) is 4.79 Å². The third-order valence-electron chi connectivity index (χ3n) is 2.10. The van der Waals surface area contributed by atoms with Gasteiger partial charge in [-0.2, -0.15) is 0 Å². The van der Waals surface area contributed by atoms with E-state index < -0.39 is 6.04 Å². The van der Waals surface area contributed by atoms with Gasteiger partial charge >= 0.3 is 0 Å². The maximum absolute atomic E-state index is 11.0. The number of hydrogen-bond acceptors (Lipinski definition) is 5. The zero-order valence-electron chi connectivity index (χ0n) is 7.79. The SMILES string of the molecule is [N-]=[N+]=NC1C(=O)NC1CSC1=NCCS1. The summed E-state index contributed by atoms with van der Waals surface area (Å²) < 4.78 is 1.07. The highest BCUT2D eigenvalue weighted by Crippen LogP contribution is 2.25. The minimum atomic E-state index is -0.533. The summed E-state index contributed by atoms with van der Waals surface area (Å²) in [5.41, 5.74) is 8.26. The fraction of sp³-hybridized carbons (Fsp3) is 0.714. The van der Waals surface area contributed by atoms with Crippen LogP contribution in [0.2, 0.25) is 0 Å². The molecule has 8 heteroatoms. The van der Waals surface area contributed by atoms with Gasteiger partial charge in [0.25, 0.3) is 0 Å². The van der Waals surface area contributed by atoms with Gasteiger partial charge in [-0.25, -0.2) is 0 Å². The summed E-state index contributed by atoms with van der Waals surface area (Å²) in [6.45, 7) is 0.879. The molecule has 0 bridgehead atoms. The summed E-state index contributed by atoms with van der Waals surface area (Å²) in [6.07, 6.45) is 0. The lowest BCUT2D eigenvalue weighted by Gasteiger charge is -2.33. The number of carbonyl (C=O) groups is 1. The van der Waals surface area contributed by atoms with E-state index in [0.29, 0.717) is 0 Å². The Hall–Kier alpha value is -0.850. The van der Waals surface area contributed by atoms with Crippen LogP contribution in [-0.2, 0) is 4.79 Å². The van der Waals surface area contributed by atoms with Crippen molar-refractivity contribution in [2.24, 2.45) is 10.1 Å². The molecule has 2 aliphatic heterocycles. The van der Waals surface area contributed by atoms with E-state index in [4.69, 9.17) is 5.53 Å². The number of azide groups is 1. The van der Waals surface area contributed by atoms with Crippen molar-refractivity contribution in [1.29, 1.82) is 0 Å². The van der Waals surface area contributed by atoms with Crippen molar-refractivity contribution in [2.75, 3.05) is 18.1 Å². The van der Waals surface area contributed by atoms with Gasteiger partial charge in [-0.15, -0.1) is 0 Å². The van der Waals surface area contributed by atoms with Crippen LogP contribution in [0.15, 0.2) is 10.1 Å². The molecule has 2 unspecified atom stereocenters. The number of aliphatic imine (C=N–C) groups is 1. The molecule has 6 nitrogen and oxygen atoms in total. The summed E-state index contributed by atoms with van der Waals surface area (Å²) in [5.74, 6) is 1.58. The van der Waals surface area contributed by atoms with Crippen LogP contribution in [0.1, 0.15) is 0 Å².